The minimum atomic E-state index is 0.188. The Hall–Kier alpha value is -1.31. The number of nitrogens with one attached hydrogen (secondary N) is 1. The number of benzene rings is 1. The third-order valence-electron chi connectivity index (χ3n) is 3.29. The van der Waals surface area contributed by atoms with Crippen LogP contribution in [0.3, 0.4) is 0 Å². The van der Waals surface area contributed by atoms with Gasteiger partial charge in [-0.15, -0.1) is 0 Å². The monoisotopic (exact) mass is 203 g/mol. The first-order valence-electron chi connectivity index (χ1n) is 5.63. The van der Waals surface area contributed by atoms with Crippen LogP contribution in [0.5, 0.6) is 0 Å². The number of hydrogen-bond acceptors (Lipinski definition) is 1. The Balaban J connectivity index is 2.21. The Morgan fingerprint density at radius 3 is 2.73 bits per heavy atom. The number of amides is 1. The van der Waals surface area contributed by atoms with Gasteiger partial charge in [-0.05, 0) is 17.4 Å². The average Bonchev–Trinajstić information content (AvgIpc) is 2.30. The van der Waals surface area contributed by atoms with E-state index < -0.39 is 0 Å². The van der Waals surface area contributed by atoms with E-state index >= 15 is 0 Å². The molecule has 1 fully saturated rings. The second kappa shape index (κ2) is 4.47. The fourth-order valence-corrected chi connectivity index (χ4v) is 2.34. The summed E-state index contributed by atoms with van der Waals surface area (Å²) < 4.78 is 0. The molecule has 15 heavy (non-hydrogen) atoms. The standard InChI is InChI=1S/C13H17NO/c1-2-10-9-14-13(15)8-12(10)11-6-4-3-5-7-11/h3-7,10,12H,2,8-9H2,1H3,(H,14,15)/t10-,12+/m0/s1. The molecule has 1 aliphatic heterocycles. The van der Waals surface area contributed by atoms with E-state index in [2.05, 4.69) is 36.5 Å². The van der Waals surface area contributed by atoms with Crippen molar-refractivity contribution in [2.24, 2.45) is 5.92 Å². The van der Waals surface area contributed by atoms with Crippen LogP contribution in [-0.4, -0.2) is 12.5 Å². The molecule has 0 bridgehead atoms. The van der Waals surface area contributed by atoms with Crippen LogP contribution in [0.25, 0.3) is 0 Å². The summed E-state index contributed by atoms with van der Waals surface area (Å²) in [5, 5.41) is 2.94. The van der Waals surface area contributed by atoms with Gasteiger partial charge in [-0.3, -0.25) is 4.79 Å². The molecular formula is C13H17NO. The molecule has 1 aromatic carbocycles. The maximum Gasteiger partial charge on any atom is 0.220 e. The maximum absolute atomic E-state index is 11.4. The summed E-state index contributed by atoms with van der Waals surface area (Å²) in [6.45, 7) is 3.02. The molecule has 2 rings (SSSR count). The highest BCUT2D eigenvalue weighted by Gasteiger charge is 2.28. The van der Waals surface area contributed by atoms with E-state index in [0.29, 0.717) is 18.3 Å². The fourth-order valence-electron chi connectivity index (χ4n) is 2.34. The summed E-state index contributed by atoms with van der Waals surface area (Å²) in [4.78, 5) is 11.4. The molecule has 1 N–H and O–H groups in total. The lowest BCUT2D eigenvalue weighted by Crippen LogP contribution is -2.39. The molecule has 0 spiro atoms. The van der Waals surface area contributed by atoms with Crippen molar-refractivity contribution in [1.29, 1.82) is 0 Å². The van der Waals surface area contributed by atoms with Crippen molar-refractivity contribution in [3.8, 4) is 0 Å². The van der Waals surface area contributed by atoms with Crippen molar-refractivity contribution in [1.82, 2.24) is 5.32 Å². The first-order chi connectivity index (χ1) is 7.31. The molecule has 1 aromatic rings. The van der Waals surface area contributed by atoms with Crippen molar-refractivity contribution in [2.45, 2.75) is 25.7 Å². The Morgan fingerprint density at radius 1 is 1.33 bits per heavy atom. The van der Waals surface area contributed by atoms with E-state index in [1.165, 1.54) is 5.56 Å². The van der Waals surface area contributed by atoms with Gasteiger partial charge < -0.3 is 5.32 Å². The molecule has 0 saturated carbocycles. The summed E-state index contributed by atoms with van der Waals surface area (Å²) in [6.07, 6.45) is 1.77. The molecule has 0 aliphatic carbocycles. The van der Waals surface area contributed by atoms with Crippen LogP contribution in [0.15, 0.2) is 30.3 Å². The van der Waals surface area contributed by atoms with E-state index in [1.54, 1.807) is 0 Å². The summed E-state index contributed by atoms with van der Waals surface area (Å²) in [5.74, 6) is 1.18. The lowest BCUT2D eigenvalue weighted by atomic mass is 9.79. The zero-order chi connectivity index (χ0) is 10.7. The maximum atomic E-state index is 11.4. The van der Waals surface area contributed by atoms with Gasteiger partial charge in [-0.1, -0.05) is 43.7 Å². The lowest BCUT2D eigenvalue weighted by Gasteiger charge is -2.31. The number of hydrogen-bond donors (Lipinski definition) is 1. The van der Waals surface area contributed by atoms with Gasteiger partial charge in [0.2, 0.25) is 5.91 Å². The number of carbonyl (C=O) groups is 1. The molecule has 1 saturated heterocycles. The van der Waals surface area contributed by atoms with Crippen molar-refractivity contribution in [3.63, 3.8) is 0 Å². The quantitative estimate of drug-likeness (QED) is 0.785. The van der Waals surface area contributed by atoms with Crippen LogP contribution in [0.2, 0.25) is 0 Å². The van der Waals surface area contributed by atoms with Crippen molar-refractivity contribution < 1.29 is 4.79 Å². The second-order valence-electron chi connectivity index (χ2n) is 4.19. The molecule has 0 unspecified atom stereocenters. The van der Waals surface area contributed by atoms with Gasteiger partial charge in [0, 0.05) is 13.0 Å². The fraction of sp³-hybridized carbons (Fsp3) is 0.462. The Kier molecular flexibility index (Phi) is 3.05. The zero-order valence-corrected chi connectivity index (χ0v) is 9.07. The summed E-state index contributed by atoms with van der Waals surface area (Å²) in [5.41, 5.74) is 1.30. The van der Waals surface area contributed by atoms with Crippen LogP contribution < -0.4 is 5.32 Å². The molecule has 80 valence electrons. The molecule has 0 radical (unpaired) electrons. The zero-order valence-electron chi connectivity index (χ0n) is 9.07. The predicted molar refractivity (Wildman–Crippen MR) is 60.6 cm³/mol. The normalized spacial score (nSPS) is 26.1. The van der Waals surface area contributed by atoms with Crippen LogP contribution in [0.1, 0.15) is 31.2 Å². The molecule has 1 heterocycles. The van der Waals surface area contributed by atoms with E-state index in [-0.39, 0.29) is 5.91 Å². The minimum absolute atomic E-state index is 0.188. The van der Waals surface area contributed by atoms with Gasteiger partial charge in [0.25, 0.3) is 0 Å². The molecule has 1 amide bonds. The molecule has 2 nitrogen and oxygen atoms in total. The molecule has 1 aliphatic rings. The summed E-state index contributed by atoms with van der Waals surface area (Å²) >= 11 is 0. The van der Waals surface area contributed by atoms with Crippen LogP contribution in [-0.2, 0) is 4.79 Å². The van der Waals surface area contributed by atoms with E-state index in [4.69, 9.17) is 0 Å². The molecule has 0 aromatic heterocycles. The third kappa shape index (κ3) is 2.20. The average molecular weight is 203 g/mol. The van der Waals surface area contributed by atoms with Crippen molar-refractivity contribution in [3.05, 3.63) is 35.9 Å². The largest absolute Gasteiger partial charge is 0.356 e. The van der Waals surface area contributed by atoms with Gasteiger partial charge in [-0.25, -0.2) is 0 Å². The van der Waals surface area contributed by atoms with Gasteiger partial charge in [0.05, 0.1) is 0 Å². The molecular weight excluding hydrogens is 186 g/mol. The lowest BCUT2D eigenvalue weighted by molar-refractivity contribution is -0.123. The van der Waals surface area contributed by atoms with Gasteiger partial charge in [-0.2, -0.15) is 0 Å². The van der Waals surface area contributed by atoms with Crippen LogP contribution in [0.4, 0.5) is 0 Å². The topological polar surface area (TPSA) is 29.1 Å². The number of carbonyl (C=O) groups excluding carboxylic acids is 1. The second-order valence-corrected chi connectivity index (χ2v) is 4.19. The first kappa shape index (κ1) is 10.2. The summed E-state index contributed by atoms with van der Waals surface area (Å²) in [6, 6.07) is 10.4. The Labute approximate surface area is 90.7 Å². The summed E-state index contributed by atoms with van der Waals surface area (Å²) in [7, 11) is 0. The highest BCUT2D eigenvalue weighted by atomic mass is 16.1. The number of piperidine rings is 1. The van der Waals surface area contributed by atoms with Crippen molar-refractivity contribution >= 4 is 5.91 Å². The minimum Gasteiger partial charge on any atom is -0.356 e. The van der Waals surface area contributed by atoms with Crippen LogP contribution in [0, 0.1) is 5.92 Å². The third-order valence-corrected chi connectivity index (χ3v) is 3.29. The first-order valence-corrected chi connectivity index (χ1v) is 5.63. The molecule has 2 heteroatoms. The smallest absolute Gasteiger partial charge is 0.220 e. The van der Waals surface area contributed by atoms with E-state index in [0.717, 1.165) is 13.0 Å². The van der Waals surface area contributed by atoms with Gasteiger partial charge >= 0.3 is 0 Å². The Morgan fingerprint density at radius 2 is 2.07 bits per heavy atom. The molecule has 2 atom stereocenters. The van der Waals surface area contributed by atoms with Gasteiger partial charge in [0.1, 0.15) is 0 Å². The Bertz CT molecular complexity index is 334. The van der Waals surface area contributed by atoms with Gasteiger partial charge in [0.15, 0.2) is 0 Å². The SMILES string of the molecule is CC[C@H]1CNC(=O)C[C@H]1c1ccccc1. The van der Waals surface area contributed by atoms with Crippen LogP contribution >= 0.6 is 0 Å². The predicted octanol–water partition coefficient (Wildman–Crippen LogP) is 2.32. The van der Waals surface area contributed by atoms with E-state index in [1.807, 2.05) is 6.07 Å². The highest BCUT2D eigenvalue weighted by molar-refractivity contribution is 5.77. The van der Waals surface area contributed by atoms with E-state index in [9.17, 15) is 4.79 Å². The number of rotatable bonds is 2. The van der Waals surface area contributed by atoms with Crippen molar-refractivity contribution in [2.75, 3.05) is 6.54 Å². The highest BCUT2D eigenvalue weighted by Crippen LogP contribution is 2.32.